The topological polar surface area (TPSA) is 50.7 Å². The third-order valence-electron chi connectivity index (χ3n) is 2.02. The highest BCUT2D eigenvalue weighted by molar-refractivity contribution is 5.51. The summed E-state index contributed by atoms with van der Waals surface area (Å²) >= 11 is 0. The molecule has 0 aliphatic heterocycles. The van der Waals surface area contributed by atoms with Crippen LogP contribution < -0.4 is 5.73 Å². The first-order valence-electron chi connectivity index (χ1n) is 4.77. The average molecular weight is 215 g/mol. The maximum atomic E-state index is 12.9. The van der Waals surface area contributed by atoms with Gasteiger partial charge in [-0.2, -0.15) is 10.2 Å². The molecule has 0 aliphatic carbocycles. The van der Waals surface area contributed by atoms with Crippen LogP contribution in [0.25, 0.3) is 0 Å². The first kappa shape index (κ1) is 10.3. The van der Waals surface area contributed by atoms with Gasteiger partial charge in [-0.1, -0.05) is 18.2 Å². The van der Waals surface area contributed by atoms with E-state index in [4.69, 9.17) is 5.73 Å². The maximum Gasteiger partial charge on any atom is 0.146 e. The van der Waals surface area contributed by atoms with Crippen molar-refractivity contribution in [3.8, 4) is 0 Å². The van der Waals surface area contributed by atoms with Crippen molar-refractivity contribution in [3.63, 3.8) is 0 Å². The number of nitrogens with zero attached hydrogens (tertiary/aromatic N) is 2. The van der Waals surface area contributed by atoms with Gasteiger partial charge in [0.1, 0.15) is 5.82 Å². The summed E-state index contributed by atoms with van der Waals surface area (Å²) in [4.78, 5) is 0. The Labute approximate surface area is 92.4 Å². The van der Waals surface area contributed by atoms with E-state index in [0.29, 0.717) is 5.69 Å². The van der Waals surface area contributed by atoms with Gasteiger partial charge in [-0.15, -0.1) is 0 Å². The monoisotopic (exact) mass is 215 g/mol. The lowest BCUT2D eigenvalue weighted by atomic mass is 10.3. The Bertz CT molecular complexity index is 509. The molecule has 0 amide bonds. The summed E-state index contributed by atoms with van der Waals surface area (Å²) in [5.41, 5.74) is 6.76. The molecule has 0 bridgehead atoms. The van der Waals surface area contributed by atoms with Gasteiger partial charge in [-0.25, -0.2) is 4.39 Å². The van der Waals surface area contributed by atoms with Crippen molar-refractivity contribution < 1.29 is 4.39 Å². The molecule has 2 N–H and O–H groups in total. The number of benzene rings is 2. The van der Waals surface area contributed by atoms with Crippen molar-refractivity contribution in [1.82, 2.24) is 0 Å². The molecule has 3 nitrogen and oxygen atoms in total. The Balaban J connectivity index is 2.21. The van der Waals surface area contributed by atoms with Crippen LogP contribution in [0, 0.1) is 5.82 Å². The van der Waals surface area contributed by atoms with Gasteiger partial charge in [0.15, 0.2) is 0 Å². The zero-order valence-corrected chi connectivity index (χ0v) is 8.47. The van der Waals surface area contributed by atoms with E-state index in [1.165, 1.54) is 18.2 Å². The fraction of sp³-hybridized carbons (Fsp3) is 0. The van der Waals surface area contributed by atoms with E-state index < -0.39 is 5.82 Å². The molecule has 0 saturated heterocycles. The van der Waals surface area contributed by atoms with Gasteiger partial charge in [0.25, 0.3) is 0 Å². The summed E-state index contributed by atoms with van der Waals surface area (Å²) in [6.45, 7) is 0. The van der Waals surface area contributed by atoms with E-state index in [0.717, 1.165) is 5.69 Å². The van der Waals surface area contributed by atoms with Crippen molar-refractivity contribution in [1.29, 1.82) is 0 Å². The van der Waals surface area contributed by atoms with Crippen molar-refractivity contribution in [2.75, 3.05) is 5.73 Å². The van der Waals surface area contributed by atoms with E-state index in [1.807, 2.05) is 30.3 Å². The molecule has 0 radical (unpaired) electrons. The lowest BCUT2D eigenvalue weighted by Crippen LogP contribution is -1.88. The second kappa shape index (κ2) is 4.53. The maximum absolute atomic E-state index is 12.9. The molecule has 4 heteroatoms. The van der Waals surface area contributed by atoms with Gasteiger partial charge in [-0.3, -0.25) is 0 Å². The van der Waals surface area contributed by atoms with Crippen LogP contribution in [0.15, 0.2) is 58.8 Å². The fourth-order valence-corrected chi connectivity index (χ4v) is 1.20. The molecule has 0 fully saturated rings. The molecule has 0 spiro atoms. The van der Waals surface area contributed by atoms with E-state index in [-0.39, 0.29) is 5.69 Å². The molecule has 16 heavy (non-hydrogen) atoms. The second-order valence-electron chi connectivity index (χ2n) is 3.24. The van der Waals surface area contributed by atoms with Gasteiger partial charge in [0, 0.05) is 0 Å². The zero-order chi connectivity index (χ0) is 11.4. The number of rotatable bonds is 2. The molecule has 0 heterocycles. The predicted octanol–water partition coefficient (Wildman–Crippen LogP) is 3.82. The van der Waals surface area contributed by atoms with Crippen LogP contribution >= 0.6 is 0 Å². The summed E-state index contributed by atoms with van der Waals surface area (Å²) in [5, 5.41) is 7.95. The number of hydrogen-bond donors (Lipinski definition) is 1. The molecule has 2 rings (SSSR count). The summed E-state index contributed by atoms with van der Waals surface area (Å²) in [7, 11) is 0. The normalized spacial score (nSPS) is 10.8. The summed E-state index contributed by atoms with van der Waals surface area (Å²) in [6.07, 6.45) is 0. The lowest BCUT2D eigenvalue weighted by molar-refractivity contribution is 0.632. The first-order chi connectivity index (χ1) is 7.75. The fourth-order valence-electron chi connectivity index (χ4n) is 1.20. The van der Waals surface area contributed by atoms with Crippen LogP contribution in [0.1, 0.15) is 0 Å². The highest BCUT2D eigenvalue weighted by Crippen LogP contribution is 2.21. The van der Waals surface area contributed by atoms with Crippen LogP contribution in [0.3, 0.4) is 0 Å². The minimum absolute atomic E-state index is 0.0736. The van der Waals surface area contributed by atoms with Crippen molar-refractivity contribution in [3.05, 3.63) is 54.3 Å². The summed E-state index contributed by atoms with van der Waals surface area (Å²) < 4.78 is 12.9. The van der Waals surface area contributed by atoms with Gasteiger partial charge in [-0.05, 0) is 30.3 Å². The predicted molar refractivity (Wildman–Crippen MR) is 61.4 cm³/mol. The van der Waals surface area contributed by atoms with Crippen LogP contribution in [0.4, 0.5) is 21.5 Å². The molecule has 0 aromatic heterocycles. The highest BCUT2D eigenvalue weighted by Gasteiger charge is 1.98. The lowest BCUT2D eigenvalue weighted by Gasteiger charge is -1.96. The molecule has 0 saturated carbocycles. The van der Waals surface area contributed by atoms with Gasteiger partial charge >= 0.3 is 0 Å². The SMILES string of the molecule is Nc1cc(/N=N/c2ccccc2)ccc1F. The quantitative estimate of drug-likeness (QED) is 0.600. The Morgan fingerprint density at radius 3 is 2.25 bits per heavy atom. The Morgan fingerprint density at radius 1 is 0.875 bits per heavy atom. The third-order valence-corrected chi connectivity index (χ3v) is 2.02. The molecule has 2 aromatic carbocycles. The van der Waals surface area contributed by atoms with Crippen molar-refractivity contribution in [2.24, 2.45) is 10.2 Å². The number of azo groups is 1. The highest BCUT2D eigenvalue weighted by atomic mass is 19.1. The third kappa shape index (κ3) is 2.42. The van der Waals surface area contributed by atoms with E-state index in [9.17, 15) is 4.39 Å². The van der Waals surface area contributed by atoms with Gasteiger partial charge in [0.05, 0.1) is 17.1 Å². The van der Waals surface area contributed by atoms with Gasteiger partial charge in [0.2, 0.25) is 0 Å². The molecule has 2 aromatic rings. The number of halogens is 1. The Hall–Kier alpha value is -2.23. The molecule has 0 aliphatic rings. The largest absolute Gasteiger partial charge is 0.396 e. The van der Waals surface area contributed by atoms with E-state index in [2.05, 4.69) is 10.2 Å². The smallest absolute Gasteiger partial charge is 0.146 e. The first-order valence-corrected chi connectivity index (χ1v) is 4.77. The number of anilines is 1. The average Bonchev–Trinajstić information content (AvgIpc) is 2.32. The van der Waals surface area contributed by atoms with Gasteiger partial charge < -0.3 is 5.73 Å². The summed E-state index contributed by atoms with van der Waals surface area (Å²) in [5.74, 6) is -0.446. The molecular formula is C12H10FN3. The van der Waals surface area contributed by atoms with Crippen molar-refractivity contribution in [2.45, 2.75) is 0 Å². The zero-order valence-electron chi connectivity index (χ0n) is 8.47. The van der Waals surface area contributed by atoms with E-state index in [1.54, 1.807) is 0 Å². The summed E-state index contributed by atoms with van der Waals surface area (Å²) in [6, 6.07) is 13.5. The Morgan fingerprint density at radius 2 is 1.56 bits per heavy atom. The molecule has 0 atom stereocenters. The molecule has 80 valence electrons. The van der Waals surface area contributed by atoms with Crippen LogP contribution in [0.5, 0.6) is 0 Å². The number of hydrogen-bond acceptors (Lipinski definition) is 3. The molecule has 0 unspecified atom stereocenters. The Kier molecular flexibility index (Phi) is 2.91. The molecular weight excluding hydrogens is 205 g/mol. The number of nitrogen functional groups attached to an aromatic ring is 1. The van der Waals surface area contributed by atoms with Crippen molar-refractivity contribution >= 4 is 17.1 Å². The van der Waals surface area contributed by atoms with Crippen LogP contribution in [-0.2, 0) is 0 Å². The standard InChI is InChI=1S/C12H10FN3/c13-11-7-6-10(8-12(11)14)16-15-9-4-2-1-3-5-9/h1-8H,14H2/b16-15+. The minimum Gasteiger partial charge on any atom is -0.396 e. The number of nitrogens with two attached hydrogens (primary N) is 1. The second-order valence-corrected chi connectivity index (χ2v) is 3.24. The van der Waals surface area contributed by atoms with Crippen LogP contribution in [-0.4, -0.2) is 0 Å². The van der Waals surface area contributed by atoms with Crippen LogP contribution in [0.2, 0.25) is 0 Å². The minimum atomic E-state index is -0.446. The van der Waals surface area contributed by atoms with E-state index >= 15 is 0 Å².